The van der Waals surface area contributed by atoms with Crippen LogP contribution in [-0.4, -0.2) is 34.6 Å². The Kier molecular flexibility index (Phi) is 4.26. The first-order chi connectivity index (χ1) is 8.90. The summed E-state index contributed by atoms with van der Waals surface area (Å²) >= 11 is 0. The van der Waals surface area contributed by atoms with Crippen molar-refractivity contribution in [1.29, 1.82) is 0 Å². The lowest BCUT2D eigenvalue weighted by Crippen LogP contribution is -2.62. The Morgan fingerprint density at radius 3 is 2.84 bits per heavy atom. The number of nitrogens with zero attached hydrogens (tertiary/aromatic N) is 2. The molecule has 1 aliphatic rings. The molecule has 106 valence electrons. The van der Waals surface area contributed by atoms with Crippen LogP contribution in [0.15, 0.2) is 18.3 Å². The third-order valence-electron chi connectivity index (χ3n) is 4.33. The number of nitrogens with one attached hydrogen (secondary N) is 1. The highest BCUT2D eigenvalue weighted by atomic mass is 15.3. The number of hydrogen-bond acceptors (Lipinski definition) is 3. The summed E-state index contributed by atoms with van der Waals surface area (Å²) in [6.45, 7) is 14.5. The van der Waals surface area contributed by atoms with Crippen molar-refractivity contribution in [1.82, 2.24) is 15.2 Å². The molecule has 0 spiro atoms. The van der Waals surface area contributed by atoms with E-state index in [1.165, 1.54) is 11.3 Å². The van der Waals surface area contributed by atoms with Crippen molar-refractivity contribution in [3.05, 3.63) is 29.6 Å². The second-order valence-electron chi connectivity index (χ2n) is 6.69. The van der Waals surface area contributed by atoms with Gasteiger partial charge in [-0.1, -0.05) is 19.9 Å². The summed E-state index contributed by atoms with van der Waals surface area (Å²) in [4.78, 5) is 7.12. The summed E-state index contributed by atoms with van der Waals surface area (Å²) < 4.78 is 0. The summed E-state index contributed by atoms with van der Waals surface area (Å²) in [6.07, 6.45) is 1.90. The van der Waals surface area contributed by atoms with Gasteiger partial charge in [0.05, 0.1) is 5.69 Å². The largest absolute Gasteiger partial charge is 0.311 e. The van der Waals surface area contributed by atoms with Crippen LogP contribution >= 0.6 is 0 Å². The van der Waals surface area contributed by atoms with E-state index >= 15 is 0 Å². The fourth-order valence-electron chi connectivity index (χ4n) is 2.63. The van der Waals surface area contributed by atoms with Gasteiger partial charge in [-0.15, -0.1) is 0 Å². The number of piperazine rings is 1. The Morgan fingerprint density at radius 1 is 1.47 bits per heavy atom. The molecule has 3 nitrogen and oxygen atoms in total. The highest BCUT2D eigenvalue weighted by Gasteiger charge is 2.35. The molecule has 0 radical (unpaired) electrons. The van der Waals surface area contributed by atoms with Gasteiger partial charge in [0.2, 0.25) is 0 Å². The van der Waals surface area contributed by atoms with Gasteiger partial charge in [-0.05, 0) is 38.3 Å². The normalized spacial score (nSPS) is 23.8. The summed E-state index contributed by atoms with van der Waals surface area (Å²) in [5, 5.41) is 3.68. The molecular weight excluding hydrogens is 234 g/mol. The van der Waals surface area contributed by atoms with Gasteiger partial charge in [0.1, 0.15) is 0 Å². The predicted molar refractivity (Wildman–Crippen MR) is 80.1 cm³/mol. The van der Waals surface area contributed by atoms with E-state index in [4.69, 9.17) is 0 Å². The molecule has 1 aromatic heterocycles. The maximum Gasteiger partial charge on any atom is 0.0573 e. The van der Waals surface area contributed by atoms with E-state index < -0.39 is 0 Å². The lowest BCUT2D eigenvalue weighted by atomic mass is 9.92. The minimum atomic E-state index is 0.190. The third-order valence-corrected chi connectivity index (χ3v) is 4.33. The first-order valence-electron chi connectivity index (χ1n) is 7.29. The molecule has 2 rings (SSSR count). The monoisotopic (exact) mass is 261 g/mol. The molecule has 1 aromatic rings. The van der Waals surface area contributed by atoms with Crippen molar-refractivity contribution < 1.29 is 0 Å². The van der Waals surface area contributed by atoms with Gasteiger partial charge in [0, 0.05) is 37.4 Å². The Balaban J connectivity index is 2.14. The molecule has 1 unspecified atom stereocenters. The van der Waals surface area contributed by atoms with E-state index in [0.29, 0.717) is 12.0 Å². The number of pyridine rings is 1. The molecule has 1 aliphatic heterocycles. The predicted octanol–water partition coefficient (Wildman–Crippen LogP) is 2.60. The summed E-state index contributed by atoms with van der Waals surface area (Å²) in [6, 6.07) is 4.74. The van der Waals surface area contributed by atoms with Gasteiger partial charge >= 0.3 is 0 Å². The molecule has 3 heteroatoms. The van der Waals surface area contributed by atoms with Gasteiger partial charge in [0.15, 0.2) is 0 Å². The average molecular weight is 261 g/mol. The van der Waals surface area contributed by atoms with Crippen LogP contribution in [0.2, 0.25) is 0 Å². The minimum absolute atomic E-state index is 0.190. The fraction of sp³-hybridized carbons (Fsp3) is 0.688. The molecule has 1 fully saturated rings. The Hall–Kier alpha value is -0.930. The van der Waals surface area contributed by atoms with Gasteiger partial charge < -0.3 is 5.32 Å². The first-order valence-corrected chi connectivity index (χ1v) is 7.29. The van der Waals surface area contributed by atoms with E-state index in [1.807, 2.05) is 12.3 Å². The van der Waals surface area contributed by atoms with Crippen molar-refractivity contribution in [3.8, 4) is 0 Å². The van der Waals surface area contributed by atoms with Crippen molar-refractivity contribution in [3.63, 3.8) is 0 Å². The number of aromatic nitrogens is 1. The molecule has 1 N–H and O–H groups in total. The van der Waals surface area contributed by atoms with Crippen LogP contribution in [0.1, 0.15) is 39.0 Å². The fourth-order valence-corrected chi connectivity index (χ4v) is 2.63. The zero-order chi connectivity index (χ0) is 14.0. The molecule has 0 bridgehead atoms. The quantitative estimate of drug-likeness (QED) is 0.906. The zero-order valence-electron chi connectivity index (χ0n) is 12.9. The number of hydrogen-bond donors (Lipinski definition) is 1. The standard InChI is InChI=1S/C16H27N3/c1-12(2)14-9-19(16(4,5)11-18-14)10-15-13(3)7-6-8-17-15/h6-8,12,14,18H,9-11H2,1-5H3. The molecule has 2 heterocycles. The second kappa shape index (κ2) is 5.59. The van der Waals surface area contributed by atoms with Crippen LogP contribution in [0.3, 0.4) is 0 Å². The lowest BCUT2D eigenvalue weighted by molar-refractivity contribution is 0.0462. The average Bonchev–Trinajstić information content (AvgIpc) is 2.34. The third kappa shape index (κ3) is 3.34. The molecule has 0 aliphatic carbocycles. The van der Waals surface area contributed by atoms with E-state index in [2.05, 4.69) is 55.9 Å². The van der Waals surface area contributed by atoms with Crippen molar-refractivity contribution in [2.75, 3.05) is 13.1 Å². The Bertz CT molecular complexity index is 426. The van der Waals surface area contributed by atoms with Crippen LogP contribution in [0.25, 0.3) is 0 Å². The van der Waals surface area contributed by atoms with E-state index in [-0.39, 0.29) is 5.54 Å². The van der Waals surface area contributed by atoms with Crippen LogP contribution in [0, 0.1) is 12.8 Å². The molecule has 0 saturated carbocycles. The Labute approximate surface area is 117 Å². The zero-order valence-corrected chi connectivity index (χ0v) is 12.9. The van der Waals surface area contributed by atoms with Gasteiger partial charge in [-0.25, -0.2) is 0 Å². The topological polar surface area (TPSA) is 28.2 Å². The summed E-state index contributed by atoms with van der Waals surface area (Å²) in [7, 11) is 0. The van der Waals surface area contributed by atoms with Gasteiger partial charge in [0.25, 0.3) is 0 Å². The molecule has 1 saturated heterocycles. The molecular formula is C16H27N3. The molecule has 19 heavy (non-hydrogen) atoms. The number of rotatable bonds is 3. The van der Waals surface area contributed by atoms with Crippen LogP contribution in [0.5, 0.6) is 0 Å². The summed E-state index contributed by atoms with van der Waals surface area (Å²) in [5.74, 6) is 0.670. The SMILES string of the molecule is Cc1cccnc1CN1CC(C(C)C)NCC1(C)C. The first kappa shape index (κ1) is 14.5. The van der Waals surface area contributed by atoms with Crippen LogP contribution < -0.4 is 5.32 Å². The second-order valence-corrected chi connectivity index (χ2v) is 6.69. The maximum atomic E-state index is 4.55. The van der Waals surface area contributed by atoms with Gasteiger partial charge in [-0.2, -0.15) is 0 Å². The Morgan fingerprint density at radius 2 is 2.21 bits per heavy atom. The van der Waals surface area contributed by atoms with Gasteiger partial charge in [-0.3, -0.25) is 9.88 Å². The van der Waals surface area contributed by atoms with E-state index in [1.54, 1.807) is 0 Å². The minimum Gasteiger partial charge on any atom is -0.311 e. The summed E-state index contributed by atoms with van der Waals surface area (Å²) in [5.41, 5.74) is 2.69. The highest BCUT2D eigenvalue weighted by molar-refractivity contribution is 5.18. The molecule has 0 aromatic carbocycles. The van der Waals surface area contributed by atoms with E-state index in [9.17, 15) is 0 Å². The van der Waals surface area contributed by atoms with Crippen molar-refractivity contribution in [2.24, 2.45) is 5.92 Å². The van der Waals surface area contributed by atoms with E-state index in [0.717, 1.165) is 19.6 Å². The molecule has 1 atom stereocenters. The highest BCUT2D eigenvalue weighted by Crippen LogP contribution is 2.23. The molecule has 0 amide bonds. The van der Waals surface area contributed by atoms with Crippen molar-refractivity contribution >= 4 is 0 Å². The van der Waals surface area contributed by atoms with Crippen LogP contribution in [-0.2, 0) is 6.54 Å². The van der Waals surface area contributed by atoms with Crippen LogP contribution in [0.4, 0.5) is 0 Å². The lowest BCUT2D eigenvalue weighted by Gasteiger charge is -2.47. The smallest absolute Gasteiger partial charge is 0.0573 e. The number of aryl methyl sites for hydroxylation is 1. The maximum absolute atomic E-state index is 4.55. The van der Waals surface area contributed by atoms with Crippen molar-refractivity contribution in [2.45, 2.75) is 52.7 Å².